The first-order valence-electron chi connectivity index (χ1n) is 5.87. The molecular weight excluding hydrogens is 188 g/mol. The molecule has 0 atom stereocenters. The SMILES string of the molecule is CCCC1(c2n[nH]c(C)n2)CCNCC1. The van der Waals surface area contributed by atoms with Crippen LogP contribution in [-0.4, -0.2) is 28.3 Å². The van der Waals surface area contributed by atoms with E-state index < -0.39 is 0 Å². The molecular formula is C11H20N4. The van der Waals surface area contributed by atoms with E-state index in [4.69, 9.17) is 0 Å². The molecule has 2 N–H and O–H groups in total. The summed E-state index contributed by atoms with van der Waals surface area (Å²) in [5.41, 5.74) is 0.227. The van der Waals surface area contributed by atoms with Crippen LogP contribution in [-0.2, 0) is 5.41 Å². The molecule has 4 heteroatoms. The van der Waals surface area contributed by atoms with Crippen molar-refractivity contribution in [3.8, 4) is 0 Å². The lowest BCUT2D eigenvalue weighted by molar-refractivity contribution is 0.271. The predicted molar refractivity (Wildman–Crippen MR) is 59.8 cm³/mol. The summed E-state index contributed by atoms with van der Waals surface area (Å²) >= 11 is 0. The minimum atomic E-state index is 0.227. The Morgan fingerprint density at radius 1 is 1.33 bits per heavy atom. The molecule has 1 aliphatic rings. The van der Waals surface area contributed by atoms with Crippen LogP contribution < -0.4 is 5.32 Å². The minimum Gasteiger partial charge on any atom is -0.317 e. The van der Waals surface area contributed by atoms with Gasteiger partial charge in [0.05, 0.1) is 0 Å². The zero-order valence-electron chi connectivity index (χ0n) is 9.64. The molecule has 1 aliphatic heterocycles. The van der Waals surface area contributed by atoms with E-state index in [9.17, 15) is 0 Å². The smallest absolute Gasteiger partial charge is 0.156 e. The van der Waals surface area contributed by atoms with E-state index >= 15 is 0 Å². The van der Waals surface area contributed by atoms with Gasteiger partial charge in [-0.1, -0.05) is 13.3 Å². The van der Waals surface area contributed by atoms with Gasteiger partial charge >= 0.3 is 0 Å². The highest BCUT2D eigenvalue weighted by Gasteiger charge is 2.36. The molecule has 0 radical (unpaired) electrons. The molecule has 1 fully saturated rings. The second-order valence-corrected chi connectivity index (χ2v) is 4.52. The van der Waals surface area contributed by atoms with Crippen LogP contribution in [0.15, 0.2) is 0 Å². The molecule has 84 valence electrons. The normalized spacial score (nSPS) is 20.4. The Labute approximate surface area is 90.9 Å². The third-order valence-corrected chi connectivity index (χ3v) is 3.36. The van der Waals surface area contributed by atoms with Crippen LogP contribution in [0.5, 0.6) is 0 Å². The molecule has 15 heavy (non-hydrogen) atoms. The minimum absolute atomic E-state index is 0.227. The maximum atomic E-state index is 4.53. The average Bonchev–Trinajstić information content (AvgIpc) is 2.67. The van der Waals surface area contributed by atoms with Gasteiger partial charge < -0.3 is 5.32 Å². The van der Waals surface area contributed by atoms with Crippen molar-refractivity contribution in [3.05, 3.63) is 11.6 Å². The lowest BCUT2D eigenvalue weighted by Crippen LogP contribution is -2.40. The van der Waals surface area contributed by atoms with Crippen molar-refractivity contribution in [3.63, 3.8) is 0 Å². The van der Waals surface area contributed by atoms with Gasteiger partial charge in [0, 0.05) is 5.41 Å². The Morgan fingerprint density at radius 3 is 2.60 bits per heavy atom. The van der Waals surface area contributed by atoms with Gasteiger partial charge in [-0.2, -0.15) is 5.10 Å². The third kappa shape index (κ3) is 2.04. The van der Waals surface area contributed by atoms with Crippen LogP contribution in [0.4, 0.5) is 0 Å². The molecule has 0 bridgehead atoms. The van der Waals surface area contributed by atoms with Gasteiger partial charge in [-0.15, -0.1) is 0 Å². The van der Waals surface area contributed by atoms with Crippen molar-refractivity contribution in [1.82, 2.24) is 20.5 Å². The third-order valence-electron chi connectivity index (χ3n) is 3.36. The lowest BCUT2D eigenvalue weighted by atomic mass is 9.75. The molecule has 1 saturated heterocycles. The van der Waals surface area contributed by atoms with Crippen LogP contribution in [0.2, 0.25) is 0 Å². The fourth-order valence-electron chi connectivity index (χ4n) is 2.55. The number of aromatic nitrogens is 3. The first-order chi connectivity index (χ1) is 7.27. The van der Waals surface area contributed by atoms with Crippen molar-refractivity contribution < 1.29 is 0 Å². The summed E-state index contributed by atoms with van der Waals surface area (Å²) in [6, 6.07) is 0. The van der Waals surface area contributed by atoms with Crippen molar-refractivity contribution in [1.29, 1.82) is 0 Å². The molecule has 2 rings (SSSR count). The van der Waals surface area contributed by atoms with E-state index in [1.165, 1.54) is 12.8 Å². The topological polar surface area (TPSA) is 53.6 Å². The Balaban J connectivity index is 2.24. The largest absolute Gasteiger partial charge is 0.317 e. The van der Waals surface area contributed by atoms with E-state index in [2.05, 4.69) is 27.4 Å². The summed E-state index contributed by atoms with van der Waals surface area (Å²) in [5.74, 6) is 1.96. The second kappa shape index (κ2) is 4.31. The Morgan fingerprint density at radius 2 is 2.07 bits per heavy atom. The van der Waals surface area contributed by atoms with E-state index in [1.54, 1.807) is 0 Å². The molecule has 2 heterocycles. The molecule has 0 amide bonds. The predicted octanol–water partition coefficient (Wildman–Crippen LogP) is 1.53. The van der Waals surface area contributed by atoms with Gasteiger partial charge in [0.15, 0.2) is 5.82 Å². The van der Waals surface area contributed by atoms with Crippen LogP contribution >= 0.6 is 0 Å². The fourth-order valence-corrected chi connectivity index (χ4v) is 2.55. The number of rotatable bonds is 3. The van der Waals surface area contributed by atoms with Gasteiger partial charge in [0.2, 0.25) is 0 Å². The van der Waals surface area contributed by atoms with Crippen LogP contribution in [0, 0.1) is 6.92 Å². The highest BCUT2D eigenvalue weighted by molar-refractivity contribution is 5.10. The molecule has 0 saturated carbocycles. The summed E-state index contributed by atoms with van der Waals surface area (Å²) in [6.07, 6.45) is 4.73. The van der Waals surface area contributed by atoms with E-state index in [0.717, 1.165) is 37.6 Å². The van der Waals surface area contributed by atoms with Gasteiger partial charge in [0.1, 0.15) is 5.82 Å². The zero-order valence-corrected chi connectivity index (χ0v) is 9.64. The fraction of sp³-hybridized carbons (Fsp3) is 0.818. The number of H-pyrrole nitrogens is 1. The van der Waals surface area contributed by atoms with Crippen LogP contribution in [0.1, 0.15) is 44.3 Å². The summed E-state index contributed by atoms with van der Waals surface area (Å²) in [5, 5.41) is 10.7. The molecule has 4 nitrogen and oxygen atoms in total. The summed E-state index contributed by atoms with van der Waals surface area (Å²) in [6.45, 7) is 6.39. The molecule has 0 aromatic carbocycles. The van der Waals surface area contributed by atoms with Gasteiger partial charge in [0.25, 0.3) is 0 Å². The summed E-state index contributed by atoms with van der Waals surface area (Å²) in [7, 11) is 0. The molecule has 1 aromatic rings. The van der Waals surface area contributed by atoms with E-state index in [1.807, 2.05) is 6.92 Å². The second-order valence-electron chi connectivity index (χ2n) is 4.52. The zero-order chi connectivity index (χ0) is 10.7. The molecule has 0 aliphatic carbocycles. The number of piperidine rings is 1. The van der Waals surface area contributed by atoms with Crippen molar-refractivity contribution in [2.45, 2.75) is 44.9 Å². The van der Waals surface area contributed by atoms with E-state index in [0.29, 0.717) is 0 Å². The first-order valence-corrected chi connectivity index (χ1v) is 5.87. The van der Waals surface area contributed by atoms with Gasteiger partial charge in [-0.3, -0.25) is 5.10 Å². The van der Waals surface area contributed by atoms with Gasteiger partial charge in [-0.05, 0) is 39.3 Å². The van der Waals surface area contributed by atoms with E-state index in [-0.39, 0.29) is 5.41 Å². The first kappa shape index (κ1) is 10.6. The number of hydrogen-bond donors (Lipinski definition) is 2. The maximum absolute atomic E-state index is 4.53. The average molecular weight is 208 g/mol. The lowest BCUT2D eigenvalue weighted by Gasteiger charge is -2.35. The van der Waals surface area contributed by atoms with Crippen LogP contribution in [0.25, 0.3) is 0 Å². The van der Waals surface area contributed by atoms with Crippen molar-refractivity contribution in [2.24, 2.45) is 0 Å². The molecule has 1 aromatic heterocycles. The number of nitrogens with one attached hydrogen (secondary N) is 2. The highest BCUT2D eigenvalue weighted by atomic mass is 15.2. The summed E-state index contributed by atoms with van der Waals surface area (Å²) in [4.78, 5) is 4.53. The highest BCUT2D eigenvalue weighted by Crippen LogP contribution is 2.35. The summed E-state index contributed by atoms with van der Waals surface area (Å²) < 4.78 is 0. The number of aryl methyl sites for hydroxylation is 1. The number of hydrogen-bond acceptors (Lipinski definition) is 3. The Hall–Kier alpha value is -0.900. The van der Waals surface area contributed by atoms with Crippen molar-refractivity contribution in [2.75, 3.05) is 13.1 Å². The Kier molecular flexibility index (Phi) is 3.05. The monoisotopic (exact) mass is 208 g/mol. The molecule has 0 unspecified atom stereocenters. The Bertz CT molecular complexity index is 307. The standard InChI is InChI=1S/C11H20N4/c1-3-4-11(5-7-12-8-6-11)10-13-9(2)14-15-10/h12H,3-8H2,1-2H3,(H,13,14,15). The van der Waals surface area contributed by atoms with Crippen molar-refractivity contribution >= 4 is 0 Å². The van der Waals surface area contributed by atoms with Crippen LogP contribution in [0.3, 0.4) is 0 Å². The number of nitrogens with zero attached hydrogens (tertiary/aromatic N) is 2. The quantitative estimate of drug-likeness (QED) is 0.792. The molecule has 0 spiro atoms. The van der Waals surface area contributed by atoms with Gasteiger partial charge in [-0.25, -0.2) is 4.98 Å². The number of aromatic amines is 1. The maximum Gasteiger partial charge on any atom is 0.156 e.